The molecule has 0 fully saturated rings. The first kappa shape index (κ1) is 10.0. The Bertz CT molecular complexity index is 287. The van der Waals surface area contributed by atoms with E-state index in [0.29, 0.717) is 0 Å². The fraction of sp³-hybridized carbons (Fsp3) is 0.250. The minimum absolute atomic E-state index is 0.00359. The van der Waals surface area contributed by atoms with E-state index in [0.717, 1.165) is 20.3 Å². The van der Waals surface area contributed by atoms with Crippen molar-refractivity contribution in [3.8, 4) is 5.75 Å². The molecule has 0 aliphatic rings. The fourth-order valence-corrected chi connectivity index (χ4v) is 1.69. The Labute approximate surface area is 87.8 Å². The molecule has 1 aromatic rings. The molecule has 0 spiro atoms. The predicted octanol–water partition coefficient (Wildman–Crippen LogP) is 2.71. The molecular formula is C8H8Br2O2. The lowest BCUT2D eigenvalue weighted by Crippen LogP contribution is -1.89. The molecule has 0 aliphatic carbocycles. The predicted molar refractivity (Wildman–Crippen MR) is 54.3 cm³/mol. The molecule has 0 saturated carbocycles. The zero-order valence-electron chi connectivity index (χ0n) is 6.47. The third-order valence-corrected chi connectivity index (χ3v) is 3.58. The van der Waals surface area contributed by atoms with Crippen molar-refractivity contribution >= 4 is 31.9 Å². The summed E-state index contributed by atoms with van der Waals surface area (Å²) in [4.78, 5) is 0. The van der Waals surface area contributed by atoms with Crippen LogP contribution in [0.2, 0.25) is 0 Å². The third kappa shape index (κ3) is 2.00. The third-order valence-electron chi connectivity index (χ3n) is 1.48. The lowest BCUT2D eigenvalue weighted by atomic mass is 10.2. The van der Waals surface area contributed by atoms with Crippen molar-refractivity contribution in [2.24, 2.45) is 0 Å². The zero-order chi connectivity index (χ0) is 9.14. The summed E-state index contributed by atoms with van der Waals surface area (Å²) in [7, 11) is 1.59. The molecule has 0 aliphatic heterocycles. The number of benzene rings is 1. The van der Waals surface area contributed by atoms with Gasteiger partial charge in [0.05, 0.1) is 13.7 Å². The van der Waals surface area contributed by atoms with Crippen LogP contribution in [0.1, 0.15) is 5.56 Å². The molecule has 0 atom stereocenters. The second kappa shape index (κ2) is 4.25. The molecule has 2 nitrogen and oxygen atoms in total. The van der Waals surface area contributed by atoms with Gasteiger partial charge in [-0.3, -0.25) is 0 Å². The minimum atomic E-state index is -0.00359. The number of methoxy groups -OCH3 is 1. The molecule has 0 unspecified atom stereocenters. The average Bonchev–Trinajstić information content (AvgIpc) is 2.09. The first-order chi connectivity index (χ1) is 5.69. The van der Waals surface area contributed by atoms with Crippen LogP contribution in [-0.2, 0) is 6.61 Å². The molecule has 0 radical (unpaired) electrons. The smallest absolute Gasteiger partial charge is 0.120 e. The summed E-state index contributed by atoms with van der Waals surface area (Å²) < 4.78 is 6.78. The lowest BCUT2D eigenvalue weighted by Gasteiger charge is -2.06. The standard InChI is InChI=1S/C8H8Br2O2/c1-12-6-2-5(4-11)8(10)7(9)3-6/h2-3,11H,4H2,1H3. The summed E-state index contributed by atoms with van der Waals surface area (Å²) in [6.07, 6.45) is 0. The van der Waals surface area contributed by atoms with E-state index >= 15 is 0 Å². The largest absolute Gasteiger partial charge is 0.497 e. The van der Waals surface area contributed by atoms with Crippen LogP contribution >= 0.6 is 31.9 Å². The topological polar surface area (TPSA) is 29.5 Å². The van der Waals surface area contributed by atoms with E-state index in [1.807, 2.05) is 6.07 Å². The van der Waals surface area contributed by atoms with Crippen LogP contribution in [0, 0.1) is 0 Å². The van der Waals surface area contributed by atoms with Crippen LogP contribution in [-0.4, -0.2) is 12.2 Å². The normalized spacial score (nSPS) is 10.0. The zero-order valence-corrected chi connectivity index (χ0v) is 9.65. The first-order valence-corrected chi connectivity index (χ1v) is 4.90. The maximum Gasteiger partial charge on any atom is 0.120 e. The molecule has 0 heterocycles. The van der Waals surface area contributed by atoms with E-state index in [4.69, 9.17) is 9.84 Å². The van der Waals surface area contributed by atoms with Crippen molar-refractivity contribution < 1.29 is 9.84 Å². The van der Waals surface area contributed by atoms with Crippen molar-refractivity contribution in [1.29, 1.82) is 0 Å². The highest BCUT2D eigenvalue weighted by Crippen LogP contribution is 2.31. The highest BCUT2D eigenvalue weighted by atomic mass is 79.9. The Morgan fingerprint density at radius 1 is 1.42 bits per heavy atom. The van der Waals surface area contributed by atoms with Gasteiger partial charge >= 0.3 is 0 Å². The maximum atomic E-state index is 8.96. The van der Waals surface area contributed by atoms with Crippen LogP contribution in [0.4, 0.5) is 0 Å². The maximum absolute atomic E-state index is 8.96. The highest BCUT2D eigenvalue weighted by Gasteiger charge is 2.05. The summed E-state index contributed by atoms with van der Waals surface area (Å²) in [5.41, 5.74) is 0.807. The lowest BCUT2D eigenvalue weighted by molar-refractivity contribution is 0.280. The number of rotatable bonds is 2. The summed E-state index contributed by atoms with van der Waals surface area (Å²) in [6, 6.07) is 3.62. The van der Waals surface area contributed by atoms with Gasteiger partial charge in [0.25, 0.3) is 0 Å². The van der Waals surface area contributed by atoms with E-state index in [2.05, 4.69) is 31.9 Å². The van der Waals surface area contributed by atoms with Gasteiger partial charge in [-0.2, -0.15) is 0 Å². The van der Waals surface area contributed by atoms with Gasteiger partial charge in [-0.25, -0.2) is 0 Å². The van der Waals surface area contributed by atoms with E-state index in [1.165, 1.54) is 0 Å². The number of aliphatic hydroxyl groups excluding tert-OH is 1. The number of aliphatic hydroxyl groups is 1. The Kier molecular flexibility index (Phi) is 3.55. The Morgan fingerprint density at radius 2 is 2.08 bits per heavy atom. The average molecular weight is 296 g/mol. The monoisotopic (exact) mass is 294 g/mol. The Balaban J connectivity index is 3.19. The van der Waals surface area contributed by atoms with E-state index in [-0.39, 0.29) is 6.61 Å². The van der Waals surface area contributed by atoms with Crippen molar-refractivity contribution in [2.45, 2.75) is 6.61 Å². The summed E-state index contributed by atoms with van der Waals surface area (Å²) in [5.74, 6) is 0.731. The van der Waals surface area contributed by atoms with Crippen LogP contribution in [0.5, 0.6) is 5.75 Å². The van der Waals surface area contributed by atoms with E-state index < -0.39 is 0 Å². The number of halogens is 2. The molecule has 1 N–H and O–H groups in total. The summed E-state index contributed by atoms with van der Waals surface area (Å²) in [6.45, 7) is -0.00359. The first-order valence-electron chi connectivity index (χ1n) is 3.31. The number of hydrogen-bond acceptors (Lipinski definition) is 2. The molecule has 12 heavy (non-hydrogen) atoms. The summed E-state index contributed by atoms with van der Waals surface area (Å²) >= 11 is 6.68. The van der Waals surface area contributed by atoms with Gasteiger partial charge in [-0.05, 0) is 49.6 Å². The van der Waals surface area contributed by atoms with Crippen LogP contribution < -0.4 is 4.74 Å². The van der Waals surface area contributed by atoms with Crippen LogP contribution in [0.3, 0.4) is 0 Å². The minimum Gasteiger partial charge on any atom is -0.497 e. The molecule has 0 amide bonds. The highest BCUT2D eigenvalue weighted by molar-refractivity contribution is 9.13. The van der Waals surface area contributed by atoms with Gasteiger partial charge in [-0.1, -0.05) is 0 Å². The molecule has 1 aromatic carbocycles. The van der Waals surface area contributed by atoms with Crippen molar-refractivity contribution in [1.82, 2.24) is 0 Å². The molecule has 4 heteroatoms. The number of ether oxygens (including phenoxy) is 1. The molecule has 0 bridgehead atoms. The van der Waals surface area contributed by atoms with Gasteiger partial charge in [-0.15, -0.1) is 0 Å². The molecule has 66 valence electrons. The Morgan fingerprint density at radius 3 is 2.58 bits per heavy atom. The fourth-order valence-electron chi connectivity index (χ4n) is 0.851. The van der Waals surface area contributed by atoms with E-state index in [1.54, 1.807) is 13.2 Å². The van der Waals surface area contributed by atoms with Crippen molar-refractivity contribution in [3.05, 3.63) is 26.6 Å². The second-order valence-electron chi connectivity index (χ2n) is 2.24. The molecular weight excluding hydrogens is 288 g/mol. The van der Waals surface area contributed by atoms with Crippen LogP contribution in [0.15, 0.2) is 21.1 Å². The van der Waals surface area contributed by atoms with Gasteiger partial charge in [0.2, 0.25) is 0 Å². The second-order valence-corrected chi connectivity index (χ2v) is 3.89. The van der Waals surface area contributed by atoms with Gasteiger partial charge in [0.15, 0.2) is 0 Å². The van der Waals surface area contributed by atoms with Crippen molar-refractivity contribution in [3.63, 3.8) is 0 Å². The van der Waals surface area contributed by atoms with Gasteiger partial charge in [0, 0.05) is 8.95 Å². The van der Waals surface area contributed by atoms with Gasteiger partial charge < -0.3 is 9.84 Å². The van der Waals surface area contributed by atoms with E-state index in [9.17, 15) is 0 Å². The molecule has 0 aromatic heterocycles. The SMILES string of the molecule is COc1cc(Br)c(Br)c(CO)c1. The Hall–Kier alpha value is -0.0600. The summed E-state index contributed by atoms with van der Waals surface area (Å²) in [5, 5.41) is 8.96. The van der Waals surface area contributed by atoms with Gasteiger partial charge in [0.1, 0.15) is 5.75 Å². The van der Waals surface area contributed by atoms with Crippen molar-refractivity contribution in [2.75, 3.05) is 7.11 Å². The van der Waals surface area contributed by atoms with Crippen LogP contribution in [0.25, 0.3) is 0 Å². The number of hydrogen-bond donors (Lipinski definition) is 1. The molecule has 1 rings (SSSR count). The quantitative estimate of drug-likeness (QED) is 0.909. The molecule has 0 saturated heterocycles.